The molecule has 25 heavy (non-hydrogen) atoms. The Labute approximate surface area is 148 Å². The summed E-state index contributed by atoms with van der Waals surface area (Å²) < 4.78 is 1.64. The van der Waals surface area contributed by atoms with Crippen LogP contribution in [0.15, 0.2) is 42.7 Å². The molecule has 1 atom stereocenters. The van der Waals surface area contributed by atoms with Gasteiger partial charge in [0.2, 0.25) is 0 Å². The number of benzene rings is 1. The highest BCUT2D eigenvalue weighted by Gasteiger charge is 2.23. The van der Waals surface area contributed by atoms with E-state index < -0.39 is 0 Å². The highest BCUT2D eigenvalue weighted by Crippen LogP contribution is 2.19. The van der Waals surface area contributed by atoms with E-state index in [9.17, 15) is 4.79 Å². The molecule has 1 aliphatic rings. The number of likely N-dealkylation sites (tertiary alicyclic amines) is 1. The van der Waals surface area contributed by atoms with Crippen LogP contribution in [0.4, 0.5) is 4.79 Å². The van der Waals surface area contributed by atoms with Crippen molar-refractivity contribution in [2.75, 3.05) is 6.54 Å². The quantitative estimate of drug-likeness (QED) is 0.931. The molecular formula is C19H25N5O. The number of rotatable bonds is 4. The summed E-state index contributed by atoms with van der Waals surface area (Å²) in [6, 6.07) is 10.3. The van der Waals surface area contributed by atoms with E-state index in [-0.39, 0.29) is 12.1 Å². The van der Waals surface area contributed by atoms with Gasteiger partial charge in [-0.2, -0.15) is 5.10 Å². The Morgan fingerprint density at radius 1 is 1.28 bits per heavy atom. The number of hydrogen-bond acceptors (Lipinski definition) is 3. The topological polar surface area (TPSA) is 63.1 Å². The van der Waals surface area contributed by atoms with E-state index in [4.69, 9.17) is 0 Å². The van der Waals surface area contributed by atoms with E-state index in [1.807, 2.05) is 30.1 Å². The third kappa shape index (κ3) is 4.92. The second kappa shape index (κ2) is 8.46. The number of aromatic nitrogens is 3. The van der Waals surface area contributed by atoms with Crippen LogP contribution in [-0.2, 0) is 13.6 Å². The van der Waals surface area contributed by atoms with Crippen molar-refractivity contribution < 1.29 is 4.79 Å². The van der Waals surface area contributed by atoms with E-state index in [0.29, 0.717) is 12.4 Å². The molecule has 1 fully saturated rings. The molecule has 3 rings (SSSR count). The van der Waals surface area contributed by atoms with E-state index in [0.717, 1.165) is 31.4 Å². The molecule has 1 aliphatic heterocycles. The molecule has 2 amide bonds. The second-order valence-corrected chi connectivity index (χ2v) is 6.37. The fraction of sp³-hybridized carbons (Fsp3) is 0.421. The van der Waals surface area contributed by atoms with Crippen LogP contribution < -0.4 is 5.32 Å². The maximum atomic E-state index is 12.7. The zero-order valence-electron chi connectivity index (χ0n) is 14.6. The first-order valence-corrected chi connectivity index (χ1v) is 8.84. The lowest BCUT2D eigenvalue weighted by Gasteiger charge is -2.28. The number of nitrogens with zero attached hydrogens (tertiary/aromatic N) is 4. The van der Waals surface area contributed by atoms with Crippen molar-refractivity contribution in [3.05, 3.63) is 54.1 Å². The summed E-state index contributed by atoms with van der Waals surface area (Å²) in [6.07, 6.45) is 10.3. The summed E-state index contributed by atoms with van der Waals surface area (Å²) in [7, 11) is 1.82. The molecule has 1 saturated heterocycles. The molecule has 6 nitrogen and oxygen atoms in total. The van der Waals surface area contributed by atoms with Crippen LogP contribution in [0.3, 0.4) is 0 Å². The summed E-state index contributed by atoms with van der Waals surface area (Å²) in [4.78, 5) is 18.8. The third-order valence-electron chi connectivity index (χ3n) is 4.42. The van der Waals surface area contributed by atoms with Gasteiger partial charge in [-0.05, 0) is 18.4 Å². The Morgan fingerprint density at radius 3 is 2.88 bits per heavy atom. The van der Waals surface area contributed by atoms with Crippen LogP contribution in [0.1, 0.15) is 37.1 Å². The van der Waals surface area contributed by atoms with Crippen molar-refractivity contribution >= 4 is 12.1 Å². The van der Waals surface area contributed by atoms with E-state index in [2.05, 4.69) is 39.7 Å². The summed E-state index contributed by atoms with van der Waals surface area (Å²) in [5.74, 6) is 0.627. The Hall–Kier alpha value is -2.63. The molecule has 2 aromatic rings. The number of aryl methyl sites for hydroxylation is 1. The van der Waals surface area contributed by atoms with Gasteiger partial charge in [0.1, 0.15) is 6.33 Å². The molecule has 1 aromatic heterocycles. The van der Waals surface area contributed by atoms with E-state index >= 15 is 0 Å². The predicted molar refractivity (Wildman–Crippen MR) is 97.7 cm³/mol. The fourth-order valence-electron chi connectivity index (χ4n) is 3.09. The number of carbonyl (C=O) groups excluding carboxylic acids is 1. The van der Waals surface area contributed by atoms with Gasteiger partial charge in [0.15, 0.2) is 5.82 Å². The van der Waals surface area contributed by atoms with Crippen molar-refractivity contribution in [2.45, 2.75) is 38.3 Å². The van der Waals surface area contributed by atoms with Gasteiger partial charge in [-0.25, -0.2) is 9.78 Å². The zero-order chi connectivity index (χ0) is 17.5. The van der Waals surface area contributed by atoms with Gasteiger partial charge in [0, 0.05) is 13.6 Å². The monoisotopic (exact) mass is 339 g/mol. The molecule has 0 bridgehead atoms. The van der Waals surface area contributed by atoms with Crippen molar-refractivity contribution in [3.63, 3.8) is 0 Å². The number of carbonyl (C=O) groups is 1. The molecule has 1 aromatic carbocycles. The summed E-state index contributed by atoms with van der Waals surface area (Å²) >= 11 is 0. The maximum Gasteiger partial charge on any atom is 0.318 e. The summed E-state index contributed by atoms with van der Waals surface area (Å²) in [5, 5.41) is 7.15. The standard InChI is InChI=1S/C19H25N5O/c1-23-15-21-18(22-23)14-20-19(25)24-13-7-3-6-10-17(24)12-11-16-8-4-2-5-9-16/h2,4-5,8-9,11-12,15,17H,3,6-7,10,13-14H2,1H3,(H,20,25)/b12-11+/t17-/m0/s1. The van der Waals surface area contributed by atoms with Crippen molar-refractivity contribution in [1.82, 2.24) is 25.0 Å². The first-order chi connectivity index (χ1) is 12.2. The number of amides is 2. The lowest BCUT2D eigenvalue weighted by atomic mass is 10.1. The van der Waals surface area contributed by atoms with Crippen LogP contribution in [0, 0.1) is 0 Å². The smallest absolute Gasteiger partial charge is 0.318 e. The number of urea groups is 1. The van der Waals surface area contributed by atoms with Crippen LogP contribution in [0.5, 0.6) is 0 Å². The first-order valence-electron chi connectivity index (χ1n) is 8.84. The second-order valence-electron chi connectivity index (χ2n) is 6.37. The molecular weight excluding hydrogens is 314 g/mol. The van der Waals surface area contributed by atoms with Gasteiger partial charge in [0.05, 0.1) is 12.6 Å². The average molecular weight is 339 g/mol. The largest absolute Gasteiger partial charge is 0.331 e. The van der Waals surface area contributed by atoms with Crippen LogP contribution in [-0.4, -0.2) is 38.3 Å². The highest BCUT2D eigenvalue weighted by molar-refractivity contribution is 5.75. The van der Waals surface area contributed by atoms with Gasteiger partial charge in [0.25, 0.3) is 0 Å². The lowest BCUT2D eigenvalue weighted by Crippen LogP contribution is -2.45. The van der Waals surface area contributed by atoms with Gasteiger partial charge in [-0.3, -0.25) is 4.68 Å². The number of hydrogen-bond donors (Lipinski definition) is 1. The molecule has 0 saturated carbocycles. The minimum absolute atomic E-state index is 0.0444. The first kappa shape index (κ1) is 17.2. The Bertz CT molecular complexity index is 710. The third-order valence-corrected chi connectivity index (χ3v) is 4.42. The minimum Gasteiger partial charge on any atom is -0.331 e. The van der Waals surface area contributed by atoms with Gasteiger partial charge in [-0.1, -0.05) is 55.3 Å². The molecule has 6 heteroatoms. The molecule has 1 N–H and O–H groups in total. The Balaban J connectivity index is 1.64. The van der Waals surface area contributed by atoms with Crippen LogP contribution in [0.2, 0.25) is 0 Å². The summed E-state index contributed by atoms with van der Waals surface area (Å²) in [5.41, 5.74) is 1.16. The maximum absolute atomic E-state index is 12.7. The molecule has 0 aliphatic carbocycles. The van der Waals surface area contributed by atoms with E-state index in [1.54, 1.807) is 11.0 Å². The molecule has 0 radical (unpaired) electrons. The molecule has 0 unspecified atom stereocenters. The Morgan fingerprint density at radius 2 is 2.12 bits per heavy atom. The zero-order valence-corrected chi connectivity index (χ0v) is 14.6. The molecule has 132 valence electrons. The fourth-order valence-corrected chi connectivity index (χ4v) is 3.09. The van der Waals surface area contributed by atoms with Crippen LogP contribution >= 0.6 is 0 Å². The van der Waals surface area contributed by atoms with Crippen molar-refractivity contribution in [3.8, 4) is 0 Å². The van der Waals surface area contributed by atoms with Gasteiger partial charge < -0.3 is 10.2 Å². The SMILES string of the molecule is Cn1cnc(CNC(=O)N2CCCCC[C@H]2/C=C/c2ccccc2)n1. The highest BCUT2D eigenvalue weighted by atomic mass is 16.2. The number of nitrogens with one attached hydrogen (secondary N) is 1. The van der Waals surface area contributed by atoms with Crippen molar-refractivity contribution in [1.29, 1.82) is 0 Å². The molecule has 0 spiro atoms. The van der Waals surface area contributed by atoms with E-state index in [1.165, 1.54) is 6.42 Å². The predicted octanol–water partition coefficient (Wildman–Crippen LogP) is 2.98. The summed E-state index contributed by atoms with van der Waals surface area (Å²) in [6.45, 7) is 1.14. The lowest BCUT2D eigenvalue weighted by molar-refractivity contribution is 0.186. The van der Waals surface area contributed by atoms with Gasteiger partial charge >= 0.3 is 6.03 Å². The molecule has 2 heterocycles. The Kier molecular flexibility index (Phi) is 5.82. The van der Waals surface area contributed by atoms with Gasteiger partial charge in [-0.15, -0.1) is 0 Å². The normalized spacial score (nSPS) is 18.3. The van der Waals surface area contributed by atoms with Crippen LogP contribution in [0.25, 0.3) is 6.08 Å². The minimum atomic E-state index is -0.0444. The average Bonchev–Trinajstić information content (AvgIpc) is 2.91. The van der Waals surface area contributed by atoms with Crippen molar-refractivity contribution in [2.24, 2.45) is 7.05 Å².